The Morgan fingerprint density at radius 2 is 1.32 bits per heavy atom. The number of hydrogen-bond donors (Lipinski definition) is 2. The summed E-state index contributed by atoms with van der Waals surface area (Å²) in [7, 11) is 0. The molecule has 0 fully saturated rings. The summed E-state index contributed by atoms with van der Waals surface area (Å²) in [6, 6.07) is -0.763. The van der Waals surface area contributed by atoms with Crippen molar-refractivity contribution in [2.45, 2.75) is 123 Å². The minimum atomic E-state index is -0.938. The number of carbonyl (C=O) groups excluding carboxylic acids is 1. The van der Waals surface area contributed by atoms with Gasteiger partial charge < -0.3 is 10.4 Å². The van der Waals surface area contributed by atoms with Crippen molar-refractivity contribution in [1.29, 1.82) is 0 Å². The first-order valence-electron chi connectivity index (χ1n) is 11.7. The topological polar surface area (TPSA) is 66.4 Å². The average molecular weight is 396 g/mol. The first-order chi connectivity index (χ1) is 13.5. The second kappa shape index (κ2) is 19.0. The molecule has 0 spiro atoms. The fourth-order valence-corrected chi connectivity index (χ4v) is 3.28. The van der Waals surface area contributed by atoms with Crippen molar-refractivity contribution in [3.8, 4) is 0 Å². The predicted molar refractivity (Wildman–Crippen MR) is 118 cm³/mol. The third-order valence-corrected chi connectivity index (χ3v) is 5.46. The number of carbonyl (C=O) groups is 2. The lowest BCUT2D eigenvalue weighted by atomic mass is 9.99. The van der Waals surface area contributed by atoms with Crippen molar-refractivity contribution in [3.05, 3.63) is 12.2 Å². The molecule has 1 unspecified atom stereocenters. The normalized spacial score (nSPS) is 13.5. The zero-order chi connectivity index (χ0) is 21.0. The molecule has 0 radical (unpaired) electrons. The minimum Gasteiger partial charge on any atom is -0.480 e. The molecule has 0 aromatic carbocycles. The van der Waals surface area contributed by atoms with E-state index in [1.165, 1.54) is 57.8 Å². The van der Waals surface area contributed by atoms with Crippen molar-refractivity contribution < 1.29 is 14.7 Å². The van der Waals surface area contributed by atoms with Crippen molar-refractivity contribution >= 4 is 11.9 Å². The van der Waals surface area contributed by atoms with Crippen LogP contribution in [-0.4, -0.2) is 23.0 Å². The van der Waals surface area contributed by atoms with E-state index in [4.69, 9.17) is 0 Å². The van der Waals surface area contributed by atoms with E-state index in [0.29, 0.717) is 6.42 Å². The second-order valence-electron chi connectivity index (χ2n) is 8.10. The lowest BCUT2D eigenvalue weighted by Gasteiger charge is -2.20. The fraction of sp³-hybridized carbons (Fsp3) is 0.833. The standard InChI is InChI=1S/C24H45NO3/c1-4-6-7-8-9-10-11-12-13-14-15-16-17-18-19-20-22(26)25-23(24(27)28)21(3)5-2/h12-13,21,23H,4-11,14-20H2,1-3H3,(H,25,26)(H,27,28)/b13-12+/t21?,23-/m0/s1. The Hall–Kier alpha value is -1.32. The van der Waals surface area contributed by atoms with Crippen LogP contribution in [0.3, 0.4) is 0 Å². The molecule has 0 aromatic heterocycles. The van der Waals surface area contributed by atoms with E-state index in [1.54, 1.807) is 0 Å². The number of nitrogens with one attached hydrogen (secondary N) is 1. The van der Waals surface area contributed by atoms with Crippen LogP contribution >= 0.6 is 0 Å². The summed E-state index contributed by atoms with van der Waals surface area (Å²) in [4.78, 5) is 23.2. The highest BCUT2D eigenvalue weighted by Crippen LogP contribution is 2.11. The summed E-state index contributed by atoms with van der Waals surface area (Å²) in [5, 5.41) is 11.9. The zero-order valence-electron chi connectivity index (χ0n) is 18.7. The van der Waals surface area contributed by atoms with Gasteiger partial charge in [-0.2, -0.15) is 0 Å². The van der Waals surface area contributed by atoms with Crippen molar-refractivity contribution in [2.24, 2.45) is 5.92 Å². The van der Waals surface area contributed by atoms with Crippen LogP contribution in [0.25, 0.3) is 0 Å². The van der Waals surface area contributed by atoms with Crippen molar-refractivity contribution in [1.82, 2.24) is 5.32 Å². The molecule has 0 heterocycles. The van der Waals surface area contributed by atoms with Gasteiger partial charge in [-0.1, -0.05) is 90.7 Å². The molecule has 0 aromatic rings. The van der Waals surface area contributed by atoms with Gasteiger partial charge in [-0.25, -0.2) is 4.79 Å². The van der Waals surface area contributed by atoms with E-state index in [1.807, 2.05) is 13.8 Å². The van der Waals surface area contributed by atoms with Gasteiger partial charge in [0, 0.05) is 6.42 Å². The molecule has 0 rings (SSSR count). The van der Waals surface area contributed by atoms with E-state index in [0.717, 1.165) is 32.1 Å². The summed E-state index contributed by atoms with van der Waals surface area (Å²) in [5.74, 6) is -1.12. The molecule has 1 amide bonds. The van der Waals surface area contributed by atoms with Gasteiger partial charge in [0.05, 0.1) is 0 Å². The Bertz CT molecular complexity index is 420. The first kappa shape index (κ1) is 26.7. The summed E-state index contributed by atoms with van der Waals surface area (Å²) < 4.78 is 0. The number of unbranched alkanes of at least 4 members (excludes halogenated alkanes) is 11. The Kier molecular flexibility index (Phi) is 18.1. The van der Waals surface area contributed by atoms with E-state index in [9.17, 15) is 14.7 Å². The van der Waals surface area contributed by atoms with Crippen LogP contribution in [0.2, 0.25) is 0 Å². The highest BCUT2D eigenvalue weighted by molar-refractivity contribution is 5.83. The van der Waals surface area contributed by atoms with Gasteiger partial charge >= 0.3 is 5.97 Å². The highest BCUT2D eigenvalue weighted by Gasteiger charge is 2.24. The van der Waals surface area contributed by atoms with Gasteiger partial charge in [-0.15, -0.1) is 0 Å². The molecule has 0 saturated carbocycles. The van der Waals surface area contributed by atoms with Crippen LogP contribution in [0.1, 0.15) is 117 Å². The number of carboxylic acid groups (broad SMARTS) is 1. The molecule has 2 N–H and O–H groups in total. The molecule has 28 heavy (non-hydrogen) atoms. The molecule has 0 aliphatic carbocycles. The Labute approximate surface area is 173 Å². The van der Waals surface area contributed by atoms with E-state index in [2.05, 4.69) is 24.4 Å². The monoisotopic (exact) mass is 395 g/mol. The fourth-order valence-electron chi connectivity index (χ4n) is 3.28. The van der Waals surface area contributed by atoms with Gasteiger partial charge in [0.2, 0.25) is 5.91 Å². The van der Waals surface area contributed by atoms with E-state index < -0.39 is 12.0 Å². The summed E-state index contributed by atoms with van der Waals surface area (Å²) in [5.41, 5.74) is 0. The summed E-state index contributed by atoms with van der Waals surface area (Å²) in [6.07, 6.45) is 21.8. The van der Waals surface area contributed by atoms with Crippen LogP contribution < -0.4 is 5.32 Å². The van der Waals surface area contributed by atoms with Gasteiger partial charge in [0.1, 0.15) is 6.04 Å². The second-order valence-corrected chi connectivity index (χ2v) is 8.10. The maximum absolute atomic E-state index is 11.9. The number of rotatable bonds is 19. The first-order valence-corrected chi connectivity index (χ1v) is 11.7. The van der Waals surface area contributed by atoms with Crippen LogP contribution in [0.5, 0.6) is 0 Å². The zero-order valence-corrected chi connectivity index (χ0v) is 18.7. The molecule has 0 bridgehead atoms. The Balaban J connectivity index is 3.52. The number of allylic oxidation sites excluding steroid dienone is 2. The maximum atomic E-state index is 11.9. The molecular formula is C24H45NO3. The van der Waals surface area contributed by atoms with E-state index >= 15 is 0 Å². The third kappa shape index (κ3) is 15.7. The number of amides is 1. The molecule has 4 heteroatoms. The summed E-state index contributed by atoms with van der Waals surface area (Å²) >= 11 is 0. The van der Waals surface area contributed by atoms with Gasteiger partial charge in [0.15, 0.2) is 0 Å². The maximum Gasteiger partial charge on any atom is 0.326 e. The SMILES string of the molecule is CCCCCCCC/C=C/CCCCCCCC(=O)N[C@H](C(=O)O)C(C)CC. The third-order valence-electron chi connectivity index (χ3n) is 5.46. The number of aliphatic carboxylic acids is 1. The molecule has 4 nitrogen and oxygen atoms in total. The van der Waals surface area contributed by atoms with Crippen molar-refractivity contribution in [3.63, 3.8) is 0 Å². The Morgan fingerprint density at radius 1 is 0.821 bits per heavy atom. The quantitative estimate of drug-likeness (QED) is 0.190. The highest BCUT2D eigenvalue weighted by atomic mass is 16.4. The number of hydrogen-bond acceptors (Lipinski definition) is 2. The van der Waals surface area contributed by atoms with E-state index in [-0.39, 0.29) is 11.8 Å². The van der Waals surface area contributed by atoms with Crippen molar-refractivity contribution in [2.75, 3.05) is 0 Å². The largest absolute Gasteiger partial charge is 0.480 e. The average Bonchev–Trinajstić information content (AvgIpc) is 2.68. The summed E-state index contributed by atoms with van der Waals surface area (Å²) in [6.45, 7) is 6.06. The molecule has 0 saturated heterocycles. The number of carboxylic acids is 1. The van der Waals surface area contributed by atoms with Gasteiger partial charge in [-0.3, -0.25) is 4.79 Å². The molecule has 0 aliphatic heterocycles. The molecule has 2 atom stereocenters. The van der Waals surface area contributed by atoms with Gasteiger partial charge in [-0.05, 0) is 38.0 Å². The van der Waals surface area contributed by atoms with Gasteiger partial charge in [0.25, 0.3) is 0 Å². The van der Waals surface area contributed by atoms with Crippen LogP contribution in [-0.2, 0) is 9.59 Å². The smallest absolute Gasteiger partial charge is 0.326 e. The van der Waals surface area contributed by atoms with Crippen LogP contribution in [0.15, 0.2) is 12.2 Å². The minimum absolute atomic E-state index is 0.0458. The predicted octanol–water partition coefficient (Wildman–Crippen LogP) is 6.64. The lowest BCUT2D eigenvalue weighted by molar-refractivity contribution is -0.143. The molecule has 164 valence electrons. The molecular weight excluding hydrogens is 350 g/mol. The van der Waals surface area contributed by atoms with Crippen LogP contribution in [0, 0.1) is 5.92 Å². The Morgan fingerprint density at radius 3 is 1.82 bits per heavy atom. The molecule has 0 aliphatic rings. The van der Waals surface area contributed by atoms with Crippen LogP contribution in [0.4, 0.5) is 0 Å². The lowest BCUT2D eigenvalue weighted by Crippen LogP contribution is -2.44.